The Morgan fingerprint density at radius 3 is 1.89 bits per heavy atom. The number of likely N-dealkylation sites (N-methyl/N-ethyl adjacent to an activating group) is 1. The lowest BCUT2D eigenvalue weighted by atomic mass is 9.79. The number of nitrogens with one attached hydrogen (secondary N) is 1. The van der Waals surface area contributed by atoms with Crippen molar-refractivity contribution >= 4 is 23.8 Å². The Kier molecular flexibility index (Phi) is 15.1. The molecule has 0 rings (SSSR count). The number of methoxy groups -OCH3 is 1. The fraction of sp³-hybridized carbons (Fsp3) is 0.862. The summed E-state index contributed by atoms with van der Waals surface area (Å²) in [7, 11) is 3.06. The smallest absolute Gasteiger partial charge is 0.410 e. The third kappa shape index (κ3) is 11.7. The Hall–Kier alpha value is -2.16. The minimum Gasteiger partial charge on any atom is -0.481 e. The lowest BCUT2D eigenvalue weighted by Crippen LogP contribution is -2.56. The third-order valence-corrected chi connectivity index (χ3v) is 7.22. The fourth-order valence-electron chi connectivity index (χ4n) is 4.79. The van der Waals surface area contributed by atoms with Gasteiger partial charge < -0.3 is 19.9 Å². The highest BCUT2D eigenvalue weighted by atomic mass is 16.6. The fourth-order valence-corrected chi connectivity index (χ4v) is 4.79. The molecule has 222 valence electrons. The number of carboxylic acids is 1. The number of rotatable bonds is 16. The number of hydrogen-bond donors (Lipinski definition) is 2. The van der Waals surface area contributed by atoms with Crippen molar-refractivity contribution in [1.29, 1.82) is 0 Å². The van der Waals surface area contributed by atoms with E-state index in [0.29, 0.717) is 12.8 Å². The summed E-state index contributed by atoms with van der Waals surface area (Å²) >= 11 is 0. The van der Waals surface area contributed by atoms with Gasteiger partial charge in [0, 0.05) is 20.1 Å². The minimum atomic E-state index is -0.909. The minimum absolute atomic E-state index is 0.00348. The van der Waals surface area contributed by atoms with Crippen molar-refractivity contribution in [1.82, 2.24) is 10.2 Å². The first-order valence-corrected chi connectivity index (χ1v) is 13.9. The van der Waals surface area contributed by atoms with E-state index in [1.165, 1.54) is 19.1 Å². The largest absolute Gasteiger partial charge is 0.481 e. The molecule has 0 aliphatic rings. The van der Waals surface area contributed by atoms with Crippen molar-refractivity contribution in [2.24, 2.45) is 29.6 Å². The molecule has 0 heterocycles. The van der Waals surface area contributed by atoms with Gasteiger partial charge in [-0.25, -0.2) is 4.79 Å². The Morgan fingerprint density at radius 1 is 0.947 bits per heavy atom. The standard InChI is InChI=1S/C29H54N2O7/c1-13-19(6)21(22(37-12)16-23(32)33)15-14-20(7)26(34)24(17(2)3)30-27(35)25(18(4)5)31(11)28(36)38-29(8,9)10/h17-22,24-25H,13-16H2,1-12H3,(H,30,35)(H,32,33). The zero-order valence-electron chi connectivity index (χ0n) is 25.8. The lowest BCUT2D eigenvalue weighted by molar-refractivity contribution is -0.141. The first kappa shape index (κ1) is 35.8. The lowest BCUT2D eigenvalue weighted by Gasteiger charge is -2.34. The molecule has 0 aromatic carbocycles. The summed E-state index contributed by atoms with van der Waals surface area (Å²) in [5, 5.41) is 12.2. The molecule has 0 aromatic heterocycles. The molecule has 0 fully saturated rings. The molecule has 0 saturated heterocycles. The number of ether oxygens (including phenoxy) is 2. The SMILES string of the molecule is CCC(C)C(CCC(C)C(=O)C(NC(=O)C(C(C)C)N(C)C(=O)OC(C)(C)C)C(C)C)C(CC(=O)O)OC. The first-order chi connectivity index (χ1) is 17.4. The zero-order chi connectivity index (χ0) is 30.0. The van der Waals surface area contributed by atoms with Gasteiger partial charge in [-0.2, -0.15) is 0 Å². The molecule has 0 aliphatic heterocycles. The molecule has 9 nitrogen and oxygen atoms in total. The monoisotopic (exact) mass is 542 g/mol. The third-order valence-electron chi connectivity index (χ3n) is 7.22. The molecule has 9 heteroatoms. The topological polar surface area (TPSA) is 122 Å². The van der Waals surface area contributed by atoms with Gasteiger partial charge in [-0.3, -0.25) is 19.3 Å². The molecule has 0 aliphatic carbocycles. The van der Waals surface area contributed by atoms with E-state index >= 15 is 0 Å². The van der Waals surface area contributed by atoms with Crippen LogP contribution in [-0.2, 0) is 23.9 Å². The van der Waals surface area contributed by atoms with E-state index in [1.54, 1.807) is 20.8 Å². The second-order valence-corrected chi connectivity index (χ2v) is 12.3. The van der Waals surface area contributed by atoms with Gasteiger partial charge in [0.15, 0.2) is 5.78 Å². The molecular formula is C29H54N2O7. The van der Waals surface area contributed by atoms with E-state index in [1.807, 2.05) is 34.6 Å². The molecule has 2 N–H and O–H groups in total. The summed E-state index contributed by atoms with van der Waals surface area (Å²) < 4.78 is 11.0. The summed E-state index contributed by atoms with van der Waals surface area (Å²) in [6.45, 7) is 18.7. The Labute approximate surface area is 230 Å². The maximum absolute atomic E-state index is 13.5. The molecule has 0 bridgehead atoms. The van der Waals surface area contributed by atoms with E-state index in [0.717, 1.165) is 6.42 Å². The van der Waals surface area contributed by atoms with E-state index in [9.17, 15) is 24.3 Å². The van der Waals surface area contributed by atoms with Crippen molar-refractivity contribution in [3.63, 3.8) is 0 Å². The van der Waals surface area contributed by atoms with Crippen molar-refractivity contribution in [2.75, 3.05) is 14.2 Å². The van der Waals surface area contributed by atoms with Crippen molar-refractivity contribution in [2.45, 2.75) is 119 Å². The summed E-state index contributed by atoms with van der Waals surface area (Å²) in [6, 6.07) is -1.52. The molecule has 6 atom stereocenters. The van der Waals surface area contributed by atoms with Gasteiger partial charge >= 0.3 is 12.1 Å². The Morgan fingerprint density at radius 2 is 1.50 bits per heavy atom. The quantitative estimate of drug-likeness (QED) is 0.276. The molecule has 0 aromatic rings. The number of nitrogens with zero attached hydrogens (tertiary/aromatic N) is 1. The summed E-state index contributed by atoms with van der Waals surface area (Å²) in [4.78, 5) is 52.2. The number of carbonyl (C=O) groups excluding carboxylic acids is 3. The van der Waals surface area contributed by atoms with Gasteiger partial charge in [-0.05, 0) is 57.3 Å². The Balaban J connectivity index is 5.63. The average Bonchev–Trinajstić information content (AvgIpc) is 2.78. The second-order valence-electron chi connectivity index (χ2n) is 12.3. The van der Waals surface area contributed by atoms with Crippen molar-refractivity contribution < 1.29 is 33.8 Å². The normalized spacial score (nSPS) is 16.8. The van der Waals surface area contributed by atoms with Crippen LogP contribution in [0.4, 0.5) is 4.79 Å². The van der Waals surface area contributed by atoms with Gasteiger partial charge in [0.25, 0.3) is 0 Å². The molecule has 0 radical (unpaired) electrons. The van der Waals surface area contributed by atoms with Crippen LogP contribution in [0.2, 0.25) is 0 Å². The van der Waals surface area contributed by atoms with Crippen molar-refractivity contribution in [3.05, 3.63) is 0 Å². The van der Waals surface area contributed by atoms with Gasteiger partial charge in [0.1, 0.15) is 11.6 Å². The molecule has 0 saturated carbocycles. The molecule has 6 unspecified atom stereocenters. The number of hydrogen-bond acceptors (Lipinski definition) is 6. The van der Waals surface area contributed by atoms with Crippen LogP contribution in [0.25, 0.3) is 0 Å². The predicted octanol–water partition coefficient (Wildman–Crippen LogP) is 5.16. The number of carbonyl (C=O) groups is 4. The average molecular weight is 543 g/mol. The van der Waals surface area contributed by atoms with Crippen LogP contribution in [0.15, 0.2) is 0 Å². The maximum atomic E-state index is 13.5. The number of ketones is 1. The van der Waals surface area contributed by atoms with Gasteiger partial charge in [0.05, 0.1) is 18.6 Å². The second kappa shape index (κ2) is 16.1. The van der Waals surface area contributed by atoms with Crippen LogP contribution in [-0.4, -0.2) is 71.7 Å². The summed E-state index contributed by atoms with van der Waals surface area (Å²) in [5.74, 6) is -1.86. The highest BCUT2D eigenvalue weighted by molar-refractivity contribution is 5.93. The van der Waals surface area contributed by atoms with E-state index < -0.39 is 41.8 Å². The van der Waals surface area contributed by atoms with Gasteiger partial charge in [-0.15, -0.1) is 0 Å². The highest BCUT2D eigenvalue weighted by Crippen LogP contribution is 2.30. The van der Waals surface area contributed by atoms with Crippen LogP contribution in [0.5, 0.6) is 0 Å². The molecule has 2 amide bonds. The van der Waals surface area contributed by atoms with Gasteiger partial charge in [0.2, 0.25) is 5.91 Å². The molecule has 38 heavy (non-hydrogen) atoms. The van der Waals surface area contributed by atoms with Crippen LogP contribution in [0.3, 0.4) is 0 Å². The van der Waals surface area contributed by atoms with Crippen molar-refractivity contribution in [3.8, 4) is 0 Å². The number of carboxylic acid groups (broad SMARTS) is 1. The van der Waals surface area contributed by atoms with Gasteiger partial charge in [-0.1, -0.05) is 54.9 Å². The zero-order valence-corrected chi connectivity index (χ0v) is 25.8. The summed E-state index contributed by atoms with van der Waals surface area (Å²) in [5.41, 5.74) is -0.700. The van der Waals surface area contributed by atoms with Crippen LogP contribution >= 0.6 is 0 Å². The Bertz CT molecular complexity index is 775. The molecular weight excluding hydrogens is 488 g/mol. The predicted molar refractivity (Wildman–Crippen MR) is 149 cm³/mol. The maximum Gasteiger partial charge on any atom is 0.410 e. The van der Waals surface area contributed by atoms with E-state index in [4.69, 9.17) is 9.47 Å². The van der Waals surface area contributed by atoms with Crippen LogP contribution < -0.4 is 5.32 Å². The van der Waals surface area contributed by atoms with Crippen LogP contribution in [0.1, 0.15) is 94.9 Å². The number of amides is 2. The van der Waals surface area contributed by atoms with E-state index in [-0.39, 0.29) is 41.8 Å². The highest BCUT2D eigenvalue weighted by Gasteiger charge is 2.37. The summed E-state index contributed by atoms with van der Waals surface area (Å²) in [6.07, 6.45) is 0.956. The first-order valence-electron chi connectivity index (χ1n) is 13.9. The van der Waals surface area contributed by atoms with E-state index in [2.05, 4.69) is 19.2 Å². The van der Waals surface area contributed by atoms with Crippen LogP contribution in [0, 0.1) is 29.6 Å². The number of Topliss-reactive ketones (excluding diaryl/α,β-unsaturated/α-hetero) is 1. The molecule has 0 spiro atoms. The number of aliphatic carboxylic acids is 1.